The zero-order valence-electron chi connectivity index (χ0n) is 15.2. The Balaban J connectivity index is 2.18. The van der Waals surface area contributed by atoms with E-state index in [-0.39, 0.29) is 17.7 Å². The molecule has 3 N–H and O–H groups in total. The standard InChI is InChI=1S/C20H29N3O2/c1-4-16-10-11-18(20(12-16,19(21)25)22-15(2)24)14-23(3)13-17-8-6-5-7-9-17/h4-9,16,18H,1,10-14H2,2-3H3,(H2,21,25)(H,22,24). The van der Waals surface area contributed by atoms with Crippen molar-refractivity contribution < 1.29 is 9.59 Å². The molecule has 1 aromatic carbocycles. The molecule has 25 heavy (non-hydrogen) atoms. The fourth-order valence-corrected chi connectivity index (χ4v) is 3.96. The van der Waals surface area contributed by atoms with Crippen LogP contribution in [0.5, 0.6) is 0 Å². The molecule has 2 rings (SSSR count). The lowest BCUT2D eigenvalue weighted by molar-refractivity contribution is -0.135. The summed E-state index contributed by atoms with van der Waals surface area (Å²) in [5, 5.41) is 2.89. The molecule has 0 radical (unpaired) electrons. The maximum Gasteiger partial charge on any atom is 0.243 e. The molecule has 136 valence electrons. The van der Waals surface area contributed by atoms with E-state index in [9.17, 15) is 9.59 Å². The Hall–Kier alpha value is -2.14. The summed E-state index contributed by atoms with van der Waals surface area (Å²) in [6.45, 7) is 6.78. The third kappa shape index (κ3) is 4.69. The highest BCUT2D eigenvalue weighted by Gasteiger charge is 2.48. The van der Waals surface area contributed by atoms with Gasteiger partial charge in [0.25, 0.3) is 0 Å². The van der Waals surface area contributed by atoms with Crippen LogP contribution in [-0.2, 0) is 16.1 Å². The fraction of sp³-hybridized carbons (Fsp3) is 0.500. The summed E-state index contributed by atoms with van der Waals surface area (Å²) in [7, 11) is 2.03. The lowest BCUT2D eigenvalue weighted by Gasteiger charge is -2.45. The van der Waals surface area contributed by atoms with Crippen molar-refractivity contribution in [3.8, 4) is 0 Å². The summed E-state index contributed by atoms with van der Waals surface area (Å²) in [4.78, 5) is 26.3. The van der Waals surface area contributed by atoms with Crippen LogP contribution in [0.3, 0.4) is 0 Å². The summed E-state index contributed by atoms with van der Waals surface area (Å²) >= 11 is 0. The predicted molar refractivity (Wildman–Crippen MR) is 99.5 cm³/mol. The molecule has 0 spiro atoms. The first kappa shape index (κ1) is 19.2. The molecule has 0 bridgehead atoms. The molecule has 0 heterocycles. The molecule has 3 atom stereocenters. The maximum atomic E-state index is 12.4. The van der Waals surface area contributed by atoms with Crippen LogP contribution in [0.25, 0.3) is 0 Å². The second-order valence-corrected chi connectivity index (χ2v) is 7.17. The van der Waals surface area contributed by atoms with E-state index in [2.05, 4.69) is 28.9 Å². The summed E-state index contributed by atoms with van der Waals surface area (Å²) < 4.78 is 0. The summed E-state index contributed by atoms with van der Waals surface area (Å²) in [5.74, 6) is -0.500. The Morgan fingerprint density at radius 3 is 2.60 bits per heavy atom. The van der Waals surface area contributed by atoms with Gasteiger partial charge < -0.3 is 16.0 Å². The smallest absolute Gasteiger partial charge is 0.243 e. The zero-order chi connectivity index (χ0) is 18.4. The monoisotopic (exact) mass is 343 g/mol. The Morgan fingerprint density at radius 1 is 1.36 bits per heavy atom. The minimum absolute atomic E-state index is 0.0150. The van der Waals surface area contributed by atoms with Gasteiger partial charge in [-0.2, -0.15) is 0 Å². The van der Waals surface area contributed by atoms with Crippen molar-refractivity contribution in [1.82, 2.24) is 10.2 Å². The highest BCUT2D eigenvalue weighted by molar-refractivity contribution is 5.90. The Labute approximate surface area is 150 Å². The Kier molecular flexibility index (Phi) is 6.37. The summed E-state index contributed by atoms with van der Waals surface area (Å²) in [6.07, 6.45) is 4.18. The number of carbonyl (C=O) groups is 2. The van der Waals surface area contributed by atoms with Crippen molar-refractivity contribution in [2.75, 3.05) is 13.6 Å². The molecule has 3 unspecified atom stereocenters. The number of hydrogen-bond donors (Lipinski definition) is 2. The number of carbonyl (C=O) groups excluding carboxylic acids is 2. The Bertz CT molecular complexity index is 617. The molecule has 2 amide bonds. The lowest BCUT2D eigenvalue weighted by Crippen LogP contribution is -2.65. The molecular weight excluding hydrogens is 314 g/mol. The third-order valence-electron chi connectivity index (χ3n) is 5.17. The van der Waals surface area contributed by atoms with E-state index in [0.717, 1.165) is 19.4 Å². The molecule has 1 fully saturated rings. The SMILES string of the molecule is C=CC1CCC(CN(C)Cc2ccccc2)C(NC(C)=O)(C(N)=O)C1. The van der Waals surface area contributed by atoms with Crippen molar-refractivity contribution in [2.45, 2.75) is 38.3 Å². The van der Waals surface area contributed by atoms with E-state index in [1.165, 1.54) is 12.5 Å². The molecule has 5 nitrogen and oxygen atoms in total. The average molecular weight is 343 g/mol. The van der Waals surface area contributed by atoms with Gasteiger partial charge in [0, 0.05) is 25.9 Å². The van der Waals surface area contributed by atoms with Gasteiger partial charge in [0.15, 0.2) is 0 Å². The third-order valence-corrected chi connectivity index (χ3v) is 5.17. The van der Waals surface area contributed by atoms with Crippen LogP contribution in [0.1, 0.15) is 31.7 Å². The number of allylic oxidation sites excluding steroid dienone is 1. The van der Waals surface area contributed by atoms with Gasteiger partial charge in [0.05, 0.1) is 0 Å². The van der Waals surface area contributed by atoms with Gasteiger partial charge in [-0.25, -0.2) is 0 Å². The van der Waals surface area contributed by atoms with Crippen molar-refractivity contribution in [3.05, 3.63) is 48.6 Å². The van der Waals surface area contributed by atoms with E-state index in [4.69, 9.17) is 5.73 Å². The lowest BCUT2D eigenvalue weighted by atomic mass is 9.67. The van der Waals surface area contributed by atoms with Crippen LogP contribution >= 0.6 is 0 Å². The van der Waals surface area contributed by atoms with Gasteiger partial charge in [-0.3, -0.25) is 9.59 Å². The first-order chi connectivity index (χ1) is 11.9. The number of nitrogens with one attached hydrogen (secondary N) is 1. The first-order valence-corrected chi connectivity index (χ1v) is 8.81. The Morgan fingerprint density at radius 2 is 2.04 bits per heavy atom. The molecule has 0 aliphatic heterocycles. The van der Waals surface area contributed by atoms with E-state index in [1.54, 1.807) is 0 Å². The van der Waals surface area contributed by atoms with Gasteiger partial charge in [-0.15, -0.1) is 6.58 Å². The van der Waals surface area contributed by atoms with Gasteiger partial charge >= 0.3 is 0 Å². The fourth-order valence-electron chi connectivity index (χ4n) is 3.96. The molecule has 1 aliphatic rings. The number of amides is 2. The number of nitrogens with two attached hydrogens (primary N) is 1. The van der Waals surface area contributed by atoms with E-state index < -0.39 is 11.4 Å². The maximum absolute atomic E-state index is 12.4. The molecular formula is C20H29N3O2. The topological polar surface area (TPSA) is 75.4 Å². The normalized spacial score (nSPS) is 26.2. The van der Waals surface area contributed by atoms with Crippen LogP contribution in [0.4, 0.5) is 0 Å². The van der Waals surface area contributed by atoms with Crippen LogP contribution < -0.4 is 11.1 Å². The van der Waals surface area contributed by atoms with Crippen LogP contribution in [-0.4, -0.2) is 35.8 Å². The molecule has 1 saturated carbocycles. The number of nitrogens with zero attached hydrogens (tertiary/aromatic N) is 1. The van der Waals surface area contributed by atoms with Crippen LogP contribution in [0.2, 0.25) is 0 Å². The summed E-state index contributed by atoms with van der Waals surface area (Å²) in [6, 6.07) is 10.2. The number of hydrogen-bond acceptors (Lipinski definition) is 3. The van der Waals surface area contributed by atoms with Crippen molar-refractivity contribution in [2.24, 2.45) is 17.6 Å². The van der Waals surface area contributed by atoms with Crippen molar-refractivity contribution in [3.63, 3.8) is 0 Å². The highest BCUT2D eigenvalue weighted by atomic mass is 16.2. The number of benzene rings is 1. The van der Waals surface area contributed by atoms with Crippen molar-refractivity contribution >= 4 is 11.8 Å². The van der Waals surface area contributed by atoms with E-state index in [1.807, 2.05) is 31.3 Å². The minimum Gasteiger partial charge on any atom is -0.368 e. The summed E-state index contributed by atoms with van der Waals surface area (Å²) in [5.41, 5.74) is 5.99. The second kappa shape index (κ2) is 8.30. The van der Waals surface area contributed by atoms with Gasteiger partial charge in [-0.1, -0.05) is 36.4 Å². The van der Waals surface area contributed by atoms with E-state index in [0.29, 0.717) is 13.0 Å². The quantitative estimate of drug-likeness (QED) is 0.744. The molecule has 0 saturated heterocycles. The predicted octanol–water partition coefficient (Wildman–Crippen LogP) is 2.08. The molecule has 1 aromatic rings. The average Bonchev–Trinajstić information content (AvgIpc) is 2.56. The molecule has 0 aromatic heterocycles. The van der Waals surface area contributed by atoms with E-state index >= 15 is 0 Å². The zero-order valence-corrected chi connectivity index (χ0v) is 15.2. The van der Waals surface area contributed by atoms with Gasteiger partial charge in [-0.05, 0) is 37.8 Å². The largest absolute Gasteiger partial charge is 0.368 e. The van der Waals surface area contributed by atoms with Crippen LogP contribution in [0, 0.1) is 11.8 Å². The number of rotatable bonds is 7. The molecule has 5 heteroatoms. The number of primary amides is 1. The first-order valence-electron chi connectivity index (χ1n) is 8.81. The molecule has 1 aliphatic carbocycles. The van der Waals surface area contributed by atoms with Crippen molar-refractivity contribution in [1.29, 1.82) is 0 Å². The van der Waals surface area contributed by atoms with Gasteiger partial charge in [0.1, 0.15) is 5.54 Å². The van der Waals surface area contributed by atoms with Gasteiger partial charge in [0.2, 0.25) is 11.8 Å². The van der Waals surface area contributed by atoms with Crippen LogP contribution in [0.15, 0.2) is 43.0 Å². The second-order valence-electron chi connectivity index (χ2n) is 7.17. The minimum atomic E-state index is -1.01. The highest BCUT2D eigenvalue weighted by Crippen LogP contribution is 2.38.